The normalized spacial score (nSPS) is 18.9. The monoisotopic (exact) mass is 196 g/mol. The van der Waals surface area contributed by atoms with E-state index in [1.807, 2.05) is 0 Å². The fourth-order valence-electron chi connectivity index (χ4n) is 2.06. The van der Waals surface area contributed by atoms with Crippen LogP contribution >= 0.6 is 0 Å². The summed E-state index contributed by atoms with van der Waals surface area (Å²) >= 11 is 0. The van der Waals surface area contributed by atoms with E-state index in [1.165, 1.54) is 4.57 Å². The zero-order valence-electron chi connectivity index (χ0n) is 7.69. The molecule has 1 aliphatic rings. The van der Waals surface area contributed by atoms with Gasteiger partial charge in [0.25, 0.3) is 0 Å². The Hall–Kier alpha value is -1.52. The first kappa shape index (κ1) is 9.05. The maximum atomic E-state index is 11.4. The summed E-state index contributed by atoms with van der Waals surface area (Å²) < 4.78 is 1.52. The molecule has 0 unspecified atom stereocenters. The van der Waals surface area contributed by atoms with Gasteiger partial charge in [0, 0.05) is 12.4 Å². The van der Waals surface area contributed by atoms with E-state index in [9.17, 15) is 9.59 Å². The van der Waals surface area contributed by atoms with Gasteiger partial charge in [-0.1, -0.05) is 0 Å². The highest BCUT2D eigenvalue weighted by Crippen LogP contribution is 2.41. The minimum absolute atomic E-state index is 0.0325. The Morgan fingerprint density at radius 3 is 2.71 bits per heavy atom. The standard InChI is InChI=1S/C9H12N2O3/c12-7(13)6-9(2-1-3-9)11-5-4-10-8(11)14/h4-5H,1-3,6H2,(H,10,14)(H,12,13). The van der Waals surface area contributed by atoms with Gasteiger partial charge in [-0.25, -0.2) is 4.79 Å². The number of carboxylic acid groups (broad SMARTS) is 1. The van der Waals surface area contributed by atoms with Crippen LogP contribution < -0.4 is 5.69 Å². The fraction of sp³-hybridized carbons (Fsp3) is 0.556. The summed E-state index contributed by atoms with van der Waals surface area (Å²) in [5.41, 5.74) is -0.686. The van der Waals surface area contributed by atoms with E-state index in [0.717, 1.165) is 19.3 Å². The van der Waals surface area contributed by atoms with Crippen molar-refractivity contribution >= 4 is 5.97 Å². The van der Waals surface area contributed by atoms with Crippen molar-refractivity contribution in [2.75, 3.05) is 0 Å². The fourth-order valence-corrected chi connectivity index (χ4v) is 2.06. The molecule has 1 aromatic heterocycles. The van der Waals surface area contributed by atoms with Crippen LogP contribution in [0.25, 0.3) is 0 Å². The average Bonchev–Trinajstić information content (AvgIpc) is 2.44. The molecular formula is C9H12N2O3. The maximum Gasteiger partial charge on any atom is 0.326 e. The molecule has 1 saturated carbocycles. The van der Waals surface area contributed by atoms with Gasteiger partial charge in [-0.2, -0.15) is 0 Å². The van der Waals surface area contributed by atoms with Crippen LogP contribution in [-0.2, 0) is 10.3 Å². The number of aromatic amines is 1. The summed E-state index contributed by atoms with van der Waals surface area (Å²) in [6.07, 6.45) is 5.75. The number of nitrogens with one attached hydrogen (secondary N) is 1. The number of imidazole rings is 1. The van der Waals surface area contributed by atoms with Gasteiger partial charge in [-0.15, -0.1) is 0 Å². The molecule has 0 atom stereocenters. The first-order valence-corrected chi connectivity index (χ1v) is 4.62. The molecule has 5 nitrogen and oxygen atoms in total. The van der Waals surface area contributed by atoms with E-state index in [1.54, 1.807) is 12.4 Å². The molecule has 1 aromatic rings. The van der Waals surface area contributed by atoms with E-state index in [-0.39, 0.29) is 12.1 Å². The summed E-state index contributed by atoms with van der Waals surface area (Å²) in [5.74, 6) is -0.849. The predicted octanol–water partition coefficient (Wildman–Crippen LogP) is 0.530. The van der Waals surface area contributed by atoms with Crippen molar-refractivity contribution in [3.8, 4) is 0 Å². The molecule has 0 aliphatic heterocycles. The second-order valence-corrected chi connectivity index (χ2v) is 3.78. The molecular weight excluding hydrogens is 184 g/mol. The zero-order chi connectivity index (χ0) is 10.2. The largest absolute Gasteiger partial charge is 0.481 e. The van der Waals surface area contributed by atoms with E-state index < -0.39 is 11.5 Å². The van der Waals surface area contributed by atoms with Crippen molar-refractivity contribution in [3.05, 3.63) is 22.9 Å². The van der Waals surface area contributed by atoms with Crippen molar-refractivity contribution in [1.82, 2.24) is 9.55 Å². The van der Waals surface area contributed by atoms with Gasteiger partial charge in [-0.05, 0) is 19.3 Å². The minimum Gasteiger partial charge on any atom is -0.481 e. The first-order chi connectivity index (χ1) is 6.64. The van der Waals surface area contributed by atoms with Crippen molar-refractivity contribution in [2.24, 2.45) is 0 Å². The summed E-state index contributed by atoms with van der Waals surface area (Å²) in [5, 5.41) is 8.78. The Labute approximate surface area is 80.4 Å². The van der Waals surface area contributed by atoms with Gasteiger partial charge in [0.1, 0.15) is 0 Å². The number of carbonyl (C=O) groups is 1. The van der Waals surface area contributed by atoms with Crippen LogP contribution in [0.2, 0.25) is 0 Å². The van der Waals surface area contributed by atoms with Crippen LogP contribution in [0.15, 0.2) is 17.2 Å². The lowest BCUT2D eigenvalue weighted by Gasteiger charge is -2.41. The van der Waals surface area contributed by atoms with Crippen molar-refractivity contribution in [3.63, 3.8) is 0 Å². The summed E-state index contributed by atoms with van der Waals surface area (Å²) in [7, 11) is 0. The molecule has 1 heterocycles. The summed E-state index contributed by atoms with van der Waals surface area (Å²) in [4.78, 5) is 24.6. The Kier molecular flexibility index (Phi) is 1.94. The molecule has 5 heteroatoms. The lowest BCUT2D eigenvalue weighted by Crippen LogP contribution is -2.46. The van der Waals surface area contributed by atoms with Crippen molar-refractivity contribution in [2.45, 2.75) is 31.2 Å². The number of aliphatic carboxylic acids is 1. The molecule has 0 saturated heterocycles. The summed E-state index contributed by atoms with van der Waals surface area (Å²) in [6.45, 7) is 0. The topological polar surface area (TPSA) is 75.1 Å². The second kappa shape index (κ2) is 3.01. The van der Waals surface area contributed by atoms with Crippen LogP contribution in [-0.4, -0.2) is 20.6 Å². The van der Waals surface area contributed by atoms with Gasteiger partial charge in [-0.3, -0.25) is 9.36 Å². The highest BCUT2D eigenvalue weighted by atomic mass is 16.4. The van der Waals surface area contributed by atoms with E-state index >= 15 is 0 Å². The average molecular weight is 196 g/mol. The third-order valence-electron chi connectivity index (χ3n) is 2.92. The minimum atomic E-state index is -0.849. The predicted molar refractivity (Wildman–Crippen MR) is 49.1 cm³/mol. The molecule has 2 rings (SSSR count). The zero-order valence-corrected chi connectivity index (χ0v) is 7.69. The molecule has 2 N–H and O–H groups in total. The number of nitrogens with zero attached hydrogens (tertiary/aromatic N) is 1. The molecule has 1 fully saturated rings. The van der Waals surface area contributed by atoms with Gasteiger partial charge >= 0.3 is 11.7 Å². The molecule has 0 bridgehead atoms. The summed E-state index contributed by atoms with van der Waals surface area (Å²) in [6, 6.07) is 0. The van der Waals surface area contributed by atoms with Crippen LogP contribution in [0.1, 0.15) is 25.7 Å². The van der Waals surface area contributed by atoms with Crippen molar-refractivity contribution < 1.29 is 9.90 Å². The molecule has 0 spiro atoms. The Morgan fingerprint density at radius 1 is 1.64 bits per heavy atom. The quantitative estimate of drug-likeness (QED) is 0.740. The molecule has 0 amide bonds. The third kappa shape index (κ3) is 1.25. The van der Waals surface area contributed by atoms with Gasteiger partial charge in [0.05, 0.1) is 12.0 Å². The molecule has 0 aromatic carbocycles. The Bertz CT molecular complexity index is 400. The second-order valence-electron chi connectivity index (χ2n) is 3.78. The molecule has 1 aliphatic carbocycles. The Balaban J connectivity index is 2.33. The number of hydrogen-bond acceptors (Lipinski definition) is 2. The van der Waals surface area contributed by atoms with Crippen LogP contribution in [0.5, 0.6) is 0 Å². The number of rotatable bonds is 3. The Morgan fingerprint density at radius 2 is 2.36 bits per heavy atom. The maximum absolute atomic E-state index is 11.4. The third-order valence-corrected chi connectivity index (χ3v) is 2.92. The van der Waals surface area contributed by atoms with E-state index in [0.29, 0.717) is 0 Å². The number of hydrogen-bond donors (Lipinski definition) is 2. The molecule has 76 valence electrons. The van der Waals surface area contributed by atoms with E-state index in [2.05, 4.69) is 4.98 Å². The smallest absolute Gasteiger partial charge is 0.326 e. The van der Waals surface area contributed by atoms with Crippen LogP contribution in [0.3, 0.4) is 0 Å². The lowest BCUT2D eigenvalue weighted by atomic mass is 9.74. The number of H-pyrrole nitrogens is 1. The van der Waals surface area contributed by atoms with Crippen LogP contribution in [0.4, 0.5) is 0 Å². The number of carboxylic acids is 1. The SMILES string of the molecule is O=C(O)CC1(n2cc[nH]c2=O)CCC1. The number of aromatic nitrogens is 2. The van der Waals surface area contributed by atoms with Crippen molar-refractivity contribution in [1.29, 1.82) is 0 Å². The van der Waals surface area contributed by atoms with Gasteiger partial charge in [0.15, 0.2) is 0 Å². The lowest BCUT2D eigenvalue weighted by molar-refractivity contribution is -0.140. The highest BCUT2D eigenvalue weighted by molar-refractivity contribution is 5.68. The highest BCUT2D eigenvalue weighted by Gasteiger charge is 2.41. The van der Waals surface area contributed by atoms with Gasteiger partial charge in [0.2, 0.25) is 0 Å². The first-order valence-electron chi connectivity index (χ1n) is 4.62. The molecule has 14 heavy (non-hydrogen) atoms. The van der Waals surface area contributed by atoms with E-state index in [4.69, 9.17) is 5.11 Å². The van der Waals surface area contributed by atoms with Gasteiger partial charge < -0.3 is 10.1 Å². The van der Waals surface area contributed by atoms with Crippen LogP contribution in [0, 0.1) is 0 Å². The molecule has 0 radical (unpaired) electrons.